The predicted molar refractivity (Wildman–Crippen MR) is 99.5 cm³/mol. The van der Waals surface area contributed by atoms with Crippen molar-refractivity contribution in [2.75, 3.05) is 11.9 Å². The summed E-state index contributed by atoms with van der Waals surface area (Å²) < 4.78 is 5.68. The zero-order valence-electron chi connectivity index (χ0n) is 14.5. The summed E-state index contributed by atoms with van der Waals surface area (Å²) in [7, 11) is 0. The number of carbonyl (C=O) groups excluding carboxylic acids is 3. The molecule has 0 fully saturated rings. The molecule has 29 heavy (non-hydrogen) atoms. The van der Waals surface area contributed by atoms with Gasteiger partial charge in [0.05, 0.1) is 30.4 Å². The number of carboxylic acids is 2. The molecule has 150 valence electrons. The van der Waals surface area contributed by atoms with Crippen molar-refractivity contribution in [3.05, 3.63) is 37.9 Å². The Balaban J connectivity index is 1.56. The Morgan fingerprint density at radius 2 is 2.00 bits per heavy atom. The highest BCUT2D eigenvalue weighted by molar-refractivity contribution is 7.17. The van der Waals surface area contributed by atoms with Gasteiger partial charge in [-0.2, -0.15) is 0 Å². The first-order valence-electron chi connectivity index (χ1n) is 8.25. The van der Waals surface area contributed by atoms with Gasteiger partial charge in [-0.1, -0.05) is 0 Å². The van der Waals surface area contributed by atoms with Crippen molar-refractivity contribution >= 4 is 57.3 Å². The number of hydrogen-bond acceptors (Lipinski definition) is 8. The van der Waals surface area contributed by atoms with Gasteiger partial charge in [0.25, 0.3) is 11.8 Å². The first kappa shape index (κ1) is 19.2. The van der Waals surface area contributed by atoms with Crippen LogP contribution in [0.25, 0.3) is 0 Å². The Morgan fingerprint density at radius 3 is 2.66 bits per heavy atom. The molecule has 4 heterocycles. The summed E-state index contributed by atoms with van der Waals surface area (Å²) in [6, 6.07) is 1.58. The number of aromatic carboxylic acids is 1. The second kappa shape index (κ2) is 7.06. The Labute approximate surface area is 170 Å². The van der Waals surface area contributed by atoms with Gasteiger partial charge in [-0.25, -0.2) is 9.59 Å². The average Bonchev–Trinajstić information content (AvgIpc) is 3.33. The van der Waals surface area contributed by atoms with E-state index in [2.05, 4.69) is 5.32 Å². The van der Waals surface area contributed by atoms with Crippen molar-refractivity contribution in [3.63, 3.8) is 0 Å². The number of thiophene rings is 2. The highest BCUT2D eigenvalue weighted by atomic mass is 32.1. The second-order valence-corrected chi connectivity index (χ2v) is 8.32. The van der Waals surface area contributed by atoms with Gasteiger partial charge in [-0.3, -0.25) is 19.3 Å². The van der Waals surface area contributed by atoms with Gasteiger partial charge < -0.3 is 20.3 Å². The second-order valence-electron chi connectivity index (χ2n) is 6.29. The quantitative estimate of drug-likeness (QED) is 0.479. The summed E-state index contributed by atoms with van der Waals surface area (Å²) in [4.78, 5) is 60.7. The topological polar surface area (TPSA) is 150 Å². The zero-order chi connectivity index (χ0) is 20.9. The Kier molecular flexibility index (Phi) is 4.68. The Morgan fingerprint density at radius 1 is 1.24 bits per heavy atom. The van der Waals surface area contributed by atoms with E-state index in [9.17, 15) is 29.1 Å². The van der Waals surface area contributed by atoms with Crippen LogP contribution in [-0.2, 0) is 27.4 Å². The number of fused-ring (bicyclic) bond motifs is 2. The van der Waals surface area contributed by atoms with Gasteiger partial charge in [0.15, 0.2) is 0 Å². The number of aliphatic carboxylic acids is 1. The van der Waals surface area contributed by atoms with Crippen molar-refractivity contribution in [2.24, 2.45) is 0 Å². The van der Waals surface area contributed by atoms with Crippen LogP contribution in [0.5, 0.6) is 0 Å². The number of anilines is 1. The molecular formula is C17H12N2O8S2. The zero-order valence-corrected chi connectivity index (χ0v) is 16.1. The molecule has 0 radical (unpaired) electrons. The monoisotopic (exact) mass is 436 g/mol. The Hall–Kier alpha value is -3.09. The minimum atomic E-state index is -1.74. The van der Waals surface area contributed by atoms with Crippen LogP contribution in [0, 0.1) is 0 Å². The van der Waals surface area contributed by atoms with E-state index in [1.54, 1.807) is 11.4 Å². The van der Waals surface area contributed by atoms with Crippen LogP contribution in [0.15, 0.2) is 11.4 Å². The van der Waals surface area contributed by atoms with Gasteiger partial charge in [-0.05, 0) is 17.0 Å². The molecule has 0 spiro atoms. The maximum atomic E-state index is 12.4. The fourth-order valence-electron chi connectivity index (χ4n) is 3.29. The molecule has 1 atom stereocenters. The van der Waals surface area contributed by atoms with Gasteiger partial charge in [0.2, 0.25) is 0 Å². The van der Waals surface area contributed by atoms with Gasteiger partial charge in [0.1, 0.15) is 9.88 Å². The molecule has 3 amide bonds. The van der Waals surface area contributed by atoms with Crippen LogP contribution in [0.4, 0.5) is 5.00 Å². The Bertz CT molecular complexity index is 1050. The van der Waals surface area contributed by atoms with Crippen molar-refractivity contribution in [1.29, 1.82) is 0 Å². The molecule has 1 unspecified atom stereocenters. The number of hydrogen-bond donors (Lipinski definition) is 3. The summed E-state index contributed by atoms with van der Waals surface area (Å²) >= 11 is 2.10. The summed E-state index contributed by atoms with van der Waals surface area (Å²) in [6.07, 6.45) is -0.527. The lowest BCUT2D eigenvalue weighted by Gasteiger charge is -2.26. The number of nitrogens with one attached hydrogen (secondary N) is 1. The van der Waals surface area contributed by atoms with E-state index in [4.69, 9.17) is 9.84 Å². The summed E-state index contributed by atoms with van der Waals surface area (Å²) in [6.45, 7) is -0.0177. The van der Waals surface area contributed by atoms with E-state index in [0.717, 1.165) is 16.2 Å². The maximum absolute atomic E-state index is 12.4. The van der Waals surface area contributed by atoms with Gasteiger partial charge in [-0.15, -0.1) is 22.7 Å². The van der Waals surface area contributed by atoms with Crippen molar-refractivity contribution in [1.82, 2.24) is 4.90 Å². The molecular weight excluding hydrogens is 424 g/mol. The van der Waals surface area contributed by atoms with E-state index in [0.29, 0.717) is 20.9 Å². The van der Waals surface area contributed by atoms with Crippen molar-refractivity contribution in [3.8, 4) is 0 Å². The smallest absolute Gasteiger partial charge is 0.394 e. The van der Waals surface area contributed by atoms with Gasteiger partial charge in [0, 0.05) is 11.3 Å². The fraction of sp³-hybridized carbons (Fsp3) is 0.235. The molecule has 2 aromatic heterocycles. The minimum absolute atomic E-state index is 0.0197. The van der Waals surface area contributed by atoms with Crippen LogP contribution in [0.3, 0.4) is 0 Å². The van der Waals surface area contributed by atoms with Crippen LogP contribution < -0.4 is 5.32 Å². The van der Waals surface area contributed by atoms with Crippen LogP contribution in [-0.4, -0.2) is 57.4 Å². The van der Waals surface area contributed by atoms with Crippen molar-refractivity contribution in [2.45, 2.75) is 19.1 Å². The first-order chi connectivity index (χ1) is 13.8. The molecule has 12 heteroatoms. The van der Waals surface area contributed by atoms with Crippen LogP contribution >= 0.6 is 22.7 Å². The third kappa shape index (κ3) is 3.20. The lowest BCUT2D eigenvalue weighted by atomic mass is 10.0. The third-order valence-electron chi connectivity index (χ3n) is 4.57. The van der Waals surface area contributed by atoms with E-state index >= 15 is 0 Å². The van der Waals surface area contributed by atoms with Gasteiger partial charge >= 0.3 is 17.8 Å². The molecule has 0 saturated carbocycles. The number of imide groups is 1. The molecule has 0 bridgehead atoms. The highest BCUT2D eigenvalue weighted by Gasteiger charge is 2.39. The molecule has 4 rings (SSSR count). The number of nitrogens with zero attached hydrogens (tertiary/aromatic N) is 1. The minimum Gasteiger partial charge on any atom is -0.478 e. The lowest BCUT2D eigenvalue weighted by molar-refractivity contribution is -0.147. The standard InChI is InChI=1S/C17H12N2O8S2/c20-12(17(25)26)18-13-10(16(23)24)8-3-6(27-5-9(8)29-13)4-19-14(21)7-1-2-28-11(7)15(19)22/h1-2,6H,3-5H2,(H,18,20)(H,23,24)(H,25,26). The molecule has 10 nitrogen and oxygen atoms in total. The third-order valence-corrected chi connectivity index (χ3v) is 6.60. The number of carboxylic acid groups (broad SMARTS) is 2. The van der Waals surface area contributed by atoms with E-state index < -0.39 is 35.8 Å². The SMILES string of the molecule is O=C(O)C(=O)Nc1sc2c(c1C(=O)O)CC(CN1C(=O)c3ccsc3C1=O)OC2. The molecule has 0 aliphatic carbocycles. The lowest BCUT2D eigenvalue weighted by Crippen LogP contribution is -2.40. The molecule has 0 aromatic carbocycles. The predicted octanol–water partition coefficient (Wildman–Crippen LogP) is 1.27. The van der Waals surface area contributed by atoms with Crippen LogP contribution in [0.1, 0.15) is 40.8 Å². The molecule has 2 aromatic rings. The largest absolute Gasteiger partial charge is 0.478 e. The van der Waals surface area contributed by atoms with Crippen molar-refractivity contribution < 1.29 is 38.9 Å². The maximum Gasteiger partial charge on any atom is 0.394 e. The summed E-state index contributed by atoms with van der Waals surface area (Å²) in [5.41, 5.74) is 0.538. The first-order valence-corrected chi connectivity index (χ1v) is 9.95. The number of carbonyl (C=O) groups is 5. The molecule has 2 aliphatic rings. The molecule has 0 saturated heterocycles. The fourth-order valence-corrected chi connectivity index (χ4v) is 5.26. The number of amides is 3. The molecule has 3 N–H and O–H groups in total. The number of ether oxygens (including phenoxy) is 1. The van der Waals surface area contributed by atoms with E-state index in [1.807, 2.05) is 0 Å². The van der Waals surface area contributed by atoms with Crippen LogP contribution in [0.2, 0.25) is 0 Å². The highest BCUT2D eigenvalue weighted by Crippen LogP contribution is 2.38. The number of rotatable bonds is 4. The van der Waals surface area contributed by atoms with E-state index in [-0.39, 0.29) is 30.1 Å². The normalized spacial score (nSPS) is 17.8. The summed E-state index contributed by atoms with van der Waals surface area (Å²) in [5, 5.41) is 22.0. The summed E-state index contributed by atoms with van der Waals surface area (Å²) in [5.74, 6) is -5.23. The molecule has 2 aliphatic heterocycles. The van der Waals surface area contributed by atoms with E-state index in [1.165, 1.54) is 11.3 Å². The average molecular weight is 436 g/mol.